The molecule has 0 N–H and O–H groups in total. The molecule has 1 rings (SSSR count). The SMILES string of the molecule is C#CCN1CC(CC)OC(CC)C1. The van der Waals surface area contributed by atoms with Crippen LogP contribution in [0.4, 0.5) is 0 Å². The van der Waals surface area contributed by atoms with Crippen molar-refractivity contribution in [1.29, 1.82) is 0 Å². The number of hydrogen-bond donors (Lipinski definition) is 0. The van der Waals surface area contributed by atoms with E-state index in [1.54, 1.807) is 0 Å². The summed E-state index contributed by atoms with van der Waals surface area (Å²) in [6.07, 6.45) is 8.23. The van der Waals surface area contributed by atoms with Crippen LogP contribution in [0.3, 0.4) is 0 Å². The fraction of sp³-hybridized carbons (Fsp3) is 0.818. The molecule has 0 radical (unpaired) electrons. The molecule has 0 spiro atoms. The molecule has 0 saturated carbocycles. The van der Waals surface area contributed by atoms with Gasteiger partial charge in [0.1, 0.15) is 0 Å². The first-order valence-electron chi connectivity index (χ1n) is 5.11. The molecule has 0 bridgehead atoms. The first-order valence-corrected chi connectivity index (χ1v) is 5.11. The highest BCUT2D eigenvalue weighted by molar-refractivity contribution is 4.90. The summed E-state index contributed by atoms with van der Waals surface area (Å²) < 4.78 is 5.85. The molecule has 74 valence electrons. The normalized spacial score (nSPS) is 29.9. The zero-order chi connectivity index (χ0) is 9.68. The minimum absolute atomic E-state index is 0.382. The highest BCUT2D eigenvalue weighted by Gasteiger charge is 2.24. The molecule has 2 heteroatoms. The minimum Gasteiger partial charge on any atom is -0.372 e. The van der Waals surface area contributed by atoms with Crippen LogP contribution in [0.5, 0.6) is 0 Å². The van der Waals surface area contributed by atoms with Gasteiger partial charge in [0.15, 0.2) is 0 Å². The molecule has 0 aromatic rings. The number of hydrogen-bond acceptors (Lipinski definition) is 2. The van der Waals surface area contributed by atoms with Crippen LogP contribution < -0.4 is 0 Å². The predicted molar refractivity (Wildman–Crippen MR) is 54.5 cm³/mol. The molecule has 2 unspecified atom stereocenters. The Morgan fingerprint density at radius 3 is 2.23 bits per heavy atom. The highest BCUT2D eigenvalue weighted by atomic mass is 16.5. The van der Waals surface area contributed by atoms with Crippen molar-refractivity contribution in [3.8, 4) is 12.3 Å². The van der Waals surface area contributed by atoms with E-state index in [1.165, 1.54) is 0 Å². The lowest BCUT2D eigenvalue weighted by molar-refractivity contribution is -0.0834. The Kier molecular flexibility index (Phi) is 4.27. The molecule has 13 heavy (non-hydrogen) atoms. The number of ether oxygens (including phenoxy) is 1. The highest BCUT2D eigenvalue weighted by Crippen LogP contribution is 2.15. The molecule has 1 saturated heterocycles. The van der Waals surface area contributed by atoms with Crippen molar-refractivity contribution in [1.82, 2.24) is 4.90 Å². The van der Waals surface area contributed by atoms with E-state index < -0.39 is 0 Å². The van der Waals surface area contributed by atoms with Crippen molar-refractivity contribution >= 4 is 0 Å². The van der Waals surface area contributed by atoms with Gasteiger partial charge < -0.3 is 4.74 Å². The van der Waals surface area contributed by atoms with Gasteiger partial charge in [0.05, 0.1) is 18.8 Å². The van der Waals surface area contributed by atoms with Crippen LogP contribution >= 0.6 is 0 Å². The molecule has 1 aliphatic rings. The molecule has 1 fully saturated rings. The van der Waals surface area contributed by atoms with E-state index in [4.69, 9.17) is 11.2 Å². The summed E-state index contributed by atoms with van der Waals surface area (Å²) in [7, 11) is 0. The third kappa shape index (κ3) is 3.02. The van der Waals surface area contributed by atoms with E-state index in [9.17, 15) is 0 Å². The second-order valence-corrected chi connectivity index (χ2v) is 3.59. The quantitative estimate of drug-likeness (QED) is 0.612. The Balaban J connectivity index is 2.45. The largest absolute Gasteiger partial charge is 0.372 e. The lowest BCUT2D eigenvalue weighted by Crippen LogP contribution is -2.47. The zero-order valence-corrected chi connectivity index (χ0v) is 8.62. The van der Waals surface area contributed by atoms with Gasteiger partial charge in [-0.15, -0.1) is 6.42 Å². The fourth-order valence-corrected chi connectivity index (χ4v) is 1.72. The Morgan fingerprint density at radius 1 is 1.31 bits per heavy atom. The summed E-state index contributed by atoms with van der Waals surface area (Å²) in [5.74, 6) is 2.70. The van der Waals surface area contributed by atoms with Gasteiger partial charge in [0.25, 0.3) is 0 Å². The summed E-state index contributed by atoms with van der Waals surface area (Å²) in [5.41, 5.74) is 0. The Hall–Kier alpha value is -0.520. The van der Waals surface area contributed by atoms with Crippen LogP contribution in [-0.2, 0) is 4.74 Å². The van der Waals surface area contributed by atoms with E-state index in [0.29, 0.717) is 12.2 Å². The number of rotatable bonds is 3. The van der Waals surface area contributed by atoms with Gasteiger partial charge in [0.2, 0.25) is 0 Å². The predicted octanol–water partition coefficient (Wildman–Crippen LogP) is 1.51. The first kappa shape index (κ1) is 10.6. The molecule has 0 aliphatic carbocycles. The topological polar surface area (TPSA) is 12.5 Å². The van der Waals surface area contributed by atoms with Crippen LogP contribution in [0.1, 0.15) is 26.7 Å². The van der Waals surface area contributed by atoms with E-state index in [0.717, 1.165) is 32.5 Å². The second-order valence-electron chi connectivity index (χ2n) is 3.59. The van der Waals surface area contributed by atoms with Crippen LogP contribution in [0.25, 0.3) is 0 Å². The summed E-state index contributed by atoms with van der Waals surface area (Å²) in [5, 5.41) is 0. The maximum Gasteiger partial charge on any atom is 0.0704 e. The molecule has 0 aromatic heterocycles. The van der Waals surface area contributed by atoms with E-state index >= 15 is 0 Å². The van der Waals surface area contributed by atoms with Crippen LogP contribution in [-0.4, -0.2) is 36.7 Å². The molecular formula is C11H19NO. The Morgan fingerprint density at radius 2 is 1.85 bits per heavy atom. The van der Waals surface area contributed by atoms with Crippen molar-refractivity contribution in [3.05, 3.63) is 0 Å². The van der Waals surface area contributed by atoms with Crippen LogP contribution in [0.2, 0.25) is 0 Å². The molecule has 0 aromatic carbocycles. The van der Waals surface area contributed by atoms with Gasteiger partial charge >= 0.3 is 0 Å². The van der Waals surface area contributed by atoms with Crippen molar-refractivity contribution in [2.24, 2.45) is 0 Å². The third-order valence-corrected chi connectivity index (χ3v) is 2.53. The monoisotopic (exact) mass is 181 g/mol. The summed E-state index contributed by atoms with van der Waals surface area (Å²) >= 11 is 0. The standard InChI is InChI=1S/C11H19NO/c1-4-7-12-8-10(5-2)13-11(6-3)9-12/h1,10-11H,5-9H2,2-3H3. The van der Waals surface area contributed by atoms with E-state index in [1.807, 2.05) is 0 Å². The van der Waals surface area contributed by atoms with Crippen molar-refractivity contribution < 1.29 is 4.74 Å². The molecule has 0 amide bonds. The average Bonchev–Trinajstić information content (AvgIpc) is 2.17. The van der Waals surface area contributed by atoms with Crippen molar-refractivity contribution in [2.45, 2.75) is 38.9 Å². The summed E-state index contributed by atoms with van der Waals surface area (Å²) in [6.45, 7) is 7.08. The lowest BCUT2D eigenvalue weighted by atomic mass is 10.1. The number of nitrogens with zero attached hydrogens (tertiary/aromatic N) is 1. The van der Waals surface area contributed by atoms with Crippen LogP contribution in [0.15, 0.2) is 0 Å². The lowest BCUT2D eigenvalue weighted by Gasteiger charge is -2.36. The van der Waals surface area contributed by atoms with Crippen LogP contribution in [0, 0.1) is 12.3 Å². The molecular weight excluding hydrogens is 162 g/mol. The molecule has 2 atom stereocenters. The van der Waals surface area contributed by atoms with Gasteiger partial charge in [-0.25, -0.2) is 0 Å². The smallest absolute Gasteiger partial charge is 0.0704 e. The van der Waals surface area contributed by atoms with E-state index in [-0.39, 0.29) is 0 Å². The fourth-order valence-electron chi connectivity index (χ4n) is 1.72. The Labute approximate surface area is 81.3 Å². The van der Waals surface area contributed by atoms with Gasteiger partial charge in [-0.1, -0.05) is 19.8 Å². The molecule has 2 nitrogen and oxygen atoms in total. The molecule has 1 heterocycles. The maximum absolute atomic E-state index is 5.85. The maximum atomic E-state index is 5.85. The minimum atomic E-state index is 0.382. The van der Waals surface area contributed by atoms with Crippen molar-refractivity contribution in [3.63, 3.8) is 0 Å². The van der Waals surface area contributed by atoms with Gasteiger partial charge in [-0.2, -0.15) is 0 Å². The second kappa shape index (κ2) is 5.26. The molecule has 1 aliphatic heterocycles. The Bertz CT molecular complexity index is 173. The summed E-state index contributed by atoms with van der Waals surface area (Å²) in [6, 6.07) is 0. The van der Waals surface area contributed by atoms with Gasteiger partial charge in [-0.05, 0) is 12.8 Å². The number of morpholine rings is 1. The third-order valence-electron chi connectivity index (χ3n) is 2.53. The van der Waals surface area contributed by atoms with E-state index in [2.05, 4.69) is 24.7 Å². The first-order chi connectivity index (χ1) is 6.30. The van der Waals surface area contributed by atoms with Gasteiger partial charge in [0, 0.05) is 13.1 Å². The van der Waals surface area contributed by atoms with Crippen molar-refractivity contribution in [2.75, 3.05) is 19.6 Å². The summed E-state index contributed by atoms with van der Waals surface area (Å²) in [4.78, 5) is 2.31. The zero-order valence-electron chi connectivity index (χ0n) is 8.62. The number of terminal acetylenes is 1. The average molecular weight is 181 g/mol. The van der Waals surface area contributed by atoms with Gasteiger partial charge in [-0.3, -0.25) is 4.90 Å².